The summed E-state index contributed by atoms with van der Waals surface area (Å²) < 4.78 is 0. The molecule has 0 aromatic heterocycles. The lowest BCUT2D eigenvalue weighted by Gasteiger charge is -2.30. The van der Waals surface area contributed by atoms with Gasteiger partial charge in [0.2, 0.25) is 112 Å². The first-order valence-corrected chi connectivity index (χ1v) is 43.9. The van der Waals surface area contributed by atoms with Gasteiger partial charge in [0.05, 0.1) is 52.2 Å². The molecule has 3 saturated heterocycles. The minimum absolute atomic E-state index is 0.0750. The highest BCUT2D eigenvalue weighted by atomic mass is 32.2. The number of amides is 19. The number of aliphatic carboxylic acids is 2. The number of primary amides is 2. The molecule has 47 nitrogen and oxygen atoms in total. The Morgan fingerprint density at radius 2 is 0.882 bits per heavy atom. The van der Waals surface area contributed by atoms with Gasteiger partial charge in [0.15, 0.2) is 0 Å². The third kappa shape index (κ3) is 35.3. The average Bonchev–Trinajstić information content (AvgIpc) is 1.73. The Labute approximate surface area is 746 Å². The summed E-state index contributed by atoms with van der Waals surface area (Å²) in [5, 5.41) is 83.0. The van der Waals surface area contributed by atoms with Crippen molar-refractivity contribution in [2.24, 2.45) is 34.8 Å². The fraction of sp³-hybridized carbons (Fsp3) is 0.649. The number of aliphatic hydroxyl groups is 3. The quantitative estimate of drug-likeness (QED) is 0.0213. The van der Waals surface area contributed by atoms with Crippen molar-refractivity contribution < 1.29 is 126 Å². The number of carboxylic acid groups (broad SMARTS) is 2. The molecule has 1 aromatic rings. The molecule has 3 fully saturated rings. The summed E-state index contributed by atoms with van der Waals surface area (Å²) in [4.78, 5) is 286. The Balaban J connectivity index is 1.41. The molecule has 0 saturated carbocycles. The van der Waals surface area contributed by atoms with E-state index in [9.17, 15) is 126 Å². The van der Waals surface area contributed by atoms with Gasteiger partial charge >= 0.3 is 11.9 Å². The van der Waals surface area contributed by atoms with Gasteiger partial charge in [-0.25, -0.2) is 0 Å². The highest BCUT2D eigenvalue weighted by Gasteiger charge is 2.44. The molecule has 0 aliphatic carbocycles. The highest BCUT2D eigenvalue weighted by Crippen LogP contribution is 2.23. The number of carboxylic acids is 2. The van der Waals surface area contributed by atoms with E-state index in [1.165, 1.54) is 11.8 Å². The zero-order valence-corrected chi connectivity index (χ0v) is 73.7. The first-order valence-electron chi connectivity index (χ1n) is 41.2. The number of thioether (sulfide) groups is 1. The van der Waals surface area contributed by atoms with E-state index in [1.54, 1.807) is 58.0 Å². The van der Waals surface area contributed by atoms with Gasteiger partial charge in [0.1, 0.15) is 96.7 Å². The van der Waals surface area contributed by atoms with Crippen LogP contribution in [0, 0.1) is 11.8 Å². The number of nitrogens with zero attached hydrogens (tertiary/aromatic N) is 3. The second-order valence-corrected chi connectivity index (χ2v) is 32.9. The molecule has 3 aliphatic rings. The van der Waals surface area contributed by atoms with Gasteiger partial charge in [-0.3, -0.25) is 101 Å². The van der Waals surface area contributed by atoms with E-state index in [0.29, 0.717) is 17.7 Å². The number of nitrogens with one attached hydrogen (secondary N) is 14. The van der Waals surface area contributed by atoms with Crippen LogP contribution in [-0.2, 0) is 107 Å². The number of benzene rings is 1. The van der Waals surface area contributed by atoms with E-state index >= 15 is 0 Å². The van der Waals surface area contributed by atoms with Crippen LogP contribution in [0.5, 0.6) is 0 Å². The molecule has 0 bridgehead atoms. The molecule has 127 heavy (non-hydrogen) atoms. The molecule has 19 amide bonds. The summed E-state index contributed by atoms with van der Waals surface area (Å²) in [7, 11) is 0. The molecule has 4 rings (SSSR count). The number of hydrogen-bond donors (Lipinski definition) is 25. The van der Waals surface area contributed by atoms with Gasteiger partial charge in [0, 0.05) is 37.6 Å². The van der Waals surface area contributed by atoms with Crippen molar-refractivity contribution in [2.45, 2.75) is 221 Å². The Morgan fingerprint density at radius 1 is 0.457 bits per heavy atom. The number of carbonyl (C=O) groups is 21. The lowest BCUT2D eigenvalue weighted by molar-refractivity contribution is -0.144. The number of hydrogen-bond acceptors (Lipinski definition) is 29. The van der Waals surface area contributed by atoms with Gasteiger partial charge in [-0.05, 0) is 107 Å². The maximum Gasteiger partial charge on any atom is 0.305 e. The summed E-state index contributed by atoms with van der Waals surface area (Å²) >= 11 is 9.92. The van der Waals surface area contributed by atoms with Crippen LogP contribution in [0.2, 0.25) is 0 Å². The molecule has 1 aromatic carbocycles. The van der Waals surface area contributed by atoms with Crippen molar-refractivity contribution in [1.29, 1.82) is 0 Å². The molecule has 16 atom stereocenters. The van der Waals surface area contributed by atoms with E-state index in [1.807, 2.05) is 6.26 Å². The number of likely N-dealkylation sites (tertiary alicyclic amines) is 3. The molecular weight excluding hydrogens is 1730 g/mol. The topological polar surface area (TPSA) is 742 Å². The van der Waals surface area contributed by atoms with Crippen LogP contribution in [0.1, 0.15) is 123 Å². The summed E-state index contributed by atoms with van der Waals surface area (Å²) in [5.41, 5.74) is 22.8. The number of unbranched alkanes of at least 4 members (excludes halogenated alkanes) is 1. The van der Waals surface area contributed by atoms with Crippen LogP contribution < -0.4 is 97.4 Å². The van der Waals surface area contributed by atoms with Crippen molar-refractivity contribution in [3.63, 3.8) is 0 Å². The van der Waals surface area contributed by atoms with E-state index in [-0.39, 0.29) is 103 Å². The molecule has 0 radical (unpaired) electrons. The third-order valence-electron chi connectivity index (χ3n) is 20.6. The fourth-order valence-corrected chi connectivity index (χ4v) is 14.8. The fourth-order valence-electron chi connectivity index (χ4n) is 13.8. The van der Waals surface area contributed by atoms with Crippen molar-refractivity contribution >= 4 is 161 Å². The van der Waals surface area contributed by atoms with E-state index in [4.69, 9.17) is 22.9 Å². The van der Waals surface area contributed by atoms with Gasteiger partial charge in [-0.2, -0.15) is 37.0 Å². The second-order valence-electron chi connectivity index (χ2n) is 31.2. The molecule has 27 N–H and O–H groups in total. The van der Waals surface area contributed by atoms with Crippen LogP contribution in [0.3, 0.4) is 0 Å². The van der Waals surface area contributed by atoms with Crippen LogP contribution in [0.25, 0.3) is 0 Å². The van der Waals surface area contributed by atoms with Gasteiger partial charge in [0.25, 0.3) is 0 Å². The summed E-state index contributed by atoms with van der Waals surface area (Å²) in [6.07, 6.45) is -0.312. The molecule has 50 heteroatoms. The predicted octanol–water partition coefficient (Wildman–Crippen LogP) is -10.7. The second kappa shape index (κ2) is 54.8. The van der Waals surface area contributed by atoms with Crippen LogP contribution in [-0.4, -0.2) is 344 Å². The minimum Gasteiger partial charge on any atom is -0.481 e. The Morgan fingerprint density at radius 3 is 1.38 bits per heavy atom. The normalized spacial score (nSPS) is 17.8. The van der Waals surface area contributed by atoms with E-state index in [0.717, 1.165) is 14.7 Å². The van der Waals surface area contributed by atoms with Crippen molar-refractivity contribution in [2.75, 3.05) is 82.6 Å². The number of carbonyl (C=O) groups excluding carboxylic acids is 19. The summed E-state index contributed by atoms with van der Waals surface area (Å²) in [5.74, 6) is -23.7. The first kappa shape index (κ1) is 108. The maximum absolute atomic E-state index is 14.3. The Hall–Kier alpha value is -11.1. The third-order valence-corrected chi connectivity index (χ3v) is 22.0. The summed E-state index contributed by atoms with van der Waals surface area (Å²) in [6.45, 7) is 2.07. The SMILES string of the molecule is CSCC[C@H](NC(=O)[C@H](CC(C)C)NC(=O)CNC(=O)[C@@H](NC(=O)[C@H](Cc1ccccc1)NC(=O)[C@H](CS)NC(=O)[C@H](CC(=O)O)NC(=O)[C@@H]1CCCN1C(=O)CNC(=O)[C@H](CC(=O)O)NC(=O)[C@@H]1CCCN1C(=O)[C@H](CS)NC(=O)[C@H](CCCCN)NC(=O)[C@H](CO)NC(=O)[C@H](CC(N)=O)NC(=O)[C@H](CO)NC(=O)[C@@H]1CCCN1C(=O)[C@@H](N)CO)C(C)C)C(N)=O. The van der Waals surface area contributed by atoms with E-state index in [2.05, 4.69) is 99.7 Å². The lowest BCUT2D eigenvalue weighted by atomic mass is 10.0. The lowest BCUT2D eigenvalue weighted by Crippen LogP contribution is -2.61. The molecule has 3 aliphatic heterocycles. The van der Waals surface area contributed by atoms with Gasteiger partial charge < -0.3 is 138 Å². The van der Waals surface area contributed by atoms with Crippen molar-refractivity contribution in [3.05, 3.63) is 35.9 Å². The number of thiol groups is 2. The monoisotopic (exact) mass is 1850 g/mol. The number of rotatable bonds is 55. The first-order chi connectivity index (χ1) is 60.1. The Kier molecular flexibility index (Phi) is 46.8. The smallest absolute Gasteiger partial charge is 0.305 e. The van der Waals surface area contributed by atoms with Crippen LogP contribution >= 0.6 is 37.0 Å². The van der Waals surface area contributed by atoms with Crippen LogP contribution in [0.4, 0.5) is 0 Å². The number of nitrogens with two attached hydrogens (primary N) is 4. The van der Waals surface area contributed by atoms with Crippen molar-refractivity contribution in [1.82, 2.24) is 89.1 Å². The standard InChI is InChI=1S/C77H121N21O26S3/c1-38(2)26-44(65(112)85-42(62(81)109)20-25-127-5)84-57(103)31-82-75(122)61(39(3)4)95-68(115)45(27-40-14-7-6-8-15-40)87-71(118)51(36-125)93-67(114)48(30-60(107)108)90-72(119)53-17-11-22-96(53)58(104)32-83-63(110)47(29-59(105)106)89-73(120)55-19-13-24-98(55)77(124)52(37-126)94-64(111)43(16-9-10-21-78)86-69(116)49(34-100)91-66(113)46(28-56(80)102)88-70(117)50(35-101)92-74(121)54-18-12-23-97(54)76(123)41(79)33-99/h6-8,14-15,38-39,41-55,61,99-101,125-126H,9-13,16-37,78-79H2,1-5H3,(H2,80,102)(H2,81,109)(H,82,122)(H,83,110)(H,84,103)(H,85,112)(H,86,116)(H,87,118)(H,88,117)(H,89,120)(H,90,119)(H,91,113)(H,92,121)(H,93,114)(H,94,111)(H,95,115)(H,105,106)(H,107,108)/t41-,42-,43-,44-,45-,46-,47-,48-,49-,50-,51-,52-,53-,54-,55-,61-/m0/s1. The highest BCUT2D eigenvalue weighted by molar-refractivity contribution is 7.98. The molecule has 0 spiro atoms. The summed E-state index contributed by atoms with van der Waals surface area (Å²) in [6, 6.07) is -16.5. The average molecular weight is 1850 g/mol. The number of aliphatic hydroxyl groups excluding tert-OH is 3. The predicted molar refractivity (Wildman–Crippen MR) is 458 cm³/mol. The molecule has 0 unspecified atom stereocenters. The molecular formula is C77H121N21O26S3. The largest absolute Gasteiger partial charge is 0.481 e. The molecule has 3 heterocycles. The van der Waals surface area contributed by atoms with E-state index < -0.39 is 290 Å². The zero-order chi connectivity index (χ0) is 95.1. The van der Waals surface area contributed by atoms with Crippen molar-refractivity contribution in [3.8, 4) is 0 Å². The Bertz CT molecular complexity index is 4050. The van der Waals surface area contributed by atoms with Gasteiger partial charge in [-0.1, -0.05) is 58.0 Å². The minimum atomic E-state index is -1.95. The van der Waals surface area contributed by atoms with Crippen LogP contribution in [0.15, 0.2) is 30.3 Å². The zero-order valence-electron chi connectivity index (χ0n) is 71.1. The maximum atomic E-state index is 14.3. The molecule has 708 valence electrons. The van der Waals surface area contributed by atoms with Gasteiger partial charge in [-0.15, -0.1) is 0 Å².